The van der Waals surface area contributed by atoms with E-state index in [0.29, 0.717) is 48.5 Å². The van der Waals surface area contributed by atoms with Crippen molar-refractivity contribution in [3.63, 3.8) is 0 Å². The van der Waals surface area contributed by atoms with E-state index in [1.807, 2.05) is 36.4 Å². The van der Waals surface area contributed by atoms with Crippen molar-refractivity contribution in [3.8, 4) is 0 Å². The average molecular weight is 1370 g/mol. The zero-order valence-corrected chi connectivity index (χ0v) is 63.1. The molecular formula is C93H117N3O6. The summed E-state index contributed by atoms with van der Waals surface area (Å²) in [5, 5.41) is 19.8. The van der Waals surface area contributed by atoms with Crippen LogP contribution in [0.4, 0.5) is 0 Å². The van der Waals surface area contributed by atoms with Gasteiger partial charge in [0.2, 0.25) is 0 Å². The highest BCUT2D eigenvalue weighted by molar-refractivity contribution is 6.57. The number of hydrogen-bond acceptors (Lipinski definition) is 6. The fourth-order valence-corrected chi connectivity index (χ4v) is 19.4. The zero-order valence-electron chi connectivity index (χ0n) is 63.1. The first-order chi connectivity index (χ1) is 50.1. The number of benzene rings is 7. The maximum Gasteiger partial charge on any atom is 0.261 e. The monoisotopic (exact) mass is 1370 g/mol. The fraction of sp³-hybridized carbons (Fsp3) is 0.548. The van der Waals surface area contributed by atoms with Crippen molar-refractivity contribution >= 4 is 129 Å². The number of pyridine rings is 3. The Kier molecular flexibility index (Phi) is 24.1. The molecule has 0 aliphatic heterocycles. The first kappa shape index (κ1) is 73.1. The molecule has 3 aromatic heterocycles. The largest absolute Gasteiger partial charge is 0.271 e. The molecule has 13 rings (SSSR count). The van der Waals surface area contributed by atoms with Gasteiger partial charge < -0.3 is 0 Å². The van der Waals surface area contributed by atoms with Gasteiger partial charge in [0.1, 0.15) is 0 Å². The lowest BCUT2D eigenvalue weighted by molar-refractivity contribution is 0.381. The summed E-state index contributed by atoms with van der Waals surface area (Å²) in [7, 11) is 0. The summed E-state index contributed by atoms with van der Waals surface area (Å²) in [6, 6.07) is 24.3. The highest BCUT2D eigenvalue weighted by Gasteiger charge is 2.33. The lowest BCUT2D eigenvalue weighted by atomic mass is 9.96. The molecule has 13 aromatic rings. The molecule has 9 nitrogen and oxygen atoms in total. The Balaban J connectivity index is 1.05. The van der Waals surface area contributed by atoms with Crippen LogP contribution in [-0.2, 0) is 0 Å². The third-order valence-corrected chi connectivity index (χ3v) is 24.7. The number of aromatic nitrogens is 3. The van der Waals surface area contributed by atoms with Gasteiger partial charge in [0, 0.05) is 66.6 Å². The first-order valence-electron chi connectivity index (χ1n) is 41.7. The van der Waals surface area contributed by atoms with Crippen LogP contribution in [0.15, 0.2) is 102 Å². The number of hydrogen-bond donors (Lipinski definition) is 0. The molecule has 0 saturated carbocycles. The molecule has 0 unspecified atom stereocenters. The van der Waals surface area contributed by atoms with E-state index in [4.69, 9.17) is 0 Å². The Labute approximate surface area is 603 Å². The molecule has 0 spiro atoms. The molecule has 540 valence electrons. The SMILES string of the molecule is CCCCCCCCC(CCCCCCCC)n1c(=O)c2ccc3c4c(ccc(c1=O)c24)c1c3c2c3ccc4c(=O)n(C(CCCCCCCC)CCCCCCCC)c(=O)c5ccc(c3c45)c2c2c3ccc4c(=O)n(C(CCCCCCCC)CCCCCCCC)c(=O)c5ccc(c3c54)c12. The third-order valence-electron chi connectivity index (χ3n) is 24.7. The van der Waals surface area contributed by atoms with Gasteiger partial charge >= 0.3 is 0 Å². The van der Waals surface area contributed by atoms with Gasteiger partial charge in [0.05, 0.1) is 0 Å². The van der Waals surface area contributed by atoms with Gasteiger partial charge in [0.15, 0.2) is 0 Å². The topological polar surface area (TPSA) is 117 Å². The van der Waals surface area contributed by atoms with Crippen LogP contribution in [0.5, 0.6) is 0 Å². The Morgan fingerprint density at radius 3 is 0.461 bits per heavy atom. The first-order valence-corrected chi connectivity index (χ1v) is 41.7. The van der Waals surface area contributed by atoms with Crippen LogP contribution in [0.2, 0.25) is 0 Å². The van der Waals surface area contributed by atoms with Crippen molar-refractivity contribution in [2.24, 2.45) is 0 Å². The second-order valence-corrected chi connectivity index (χ2v) is 31.7. The molecule has 10 aromatic carbocycles. The smallest absolute Gasteiger partial charge is 0.261 e. The number of rotatable bonds is 45. The van der Waals surface area contributed by atoms with Crippen LogP contribution in [0, 0.1) is 0 Å². The Morgan fingerprint density at radius 2 is 0.304 bits per heavy atom. The van der Waals surface area contributed by atoms with E-state index >= 15 is 28.8 Å². The molecule has 0 fully saturated rings. The predicted molar refractivity (Wildman–Crippen MR) is 440 cm³/mol. The highest BCUT2D eigenvalue weighted by atomic mass is 16.2. The summed E-state index contributed by atoms with van der Waals surface area (Å²) in [4.78, 5) is 94.0. The summed E-state index contributed by atoms with van der Waals surface area (Å²) >= 11 is 0. The molecule has 0 amide bonds. The Bertz CT molecular complexity index is 4490. The minimum Gasteiger partial charge on any atom is -0.271 e. The summed E-state index contributed by atoms with van der Waals surface area (Å²) < 4.78 is 4.98. The van der Waals surface area contributed by atoms with Crippen molar-refractivity contribution in [1.29, 1.82) is 0 Å². The van der Waals surface area contributed by atoms with E-state index in [1.165, 1.54) is 116 Å². The second kappa shape index (κ2) is 33.7. The van der Waals surface area contributed by atoms with Gasteiger partial charge in [-0.25, -0.2) is 0 Å². The van der Waals surface area contributed by atoms with Gasteiger partial charge in [-0.1, -0.05) is 309 Å². The summed E-state index contributed by atoms with van der Waals surface area (Å²) in [5.74, 6) is 0. The predicted octanol–water partition coefficient (Wildman–Crippen LogP) is 25.8. The molecule has 0 bridgehead atoms. The van der Waals surface area contributed by atoms with Crippen LogP contribution in [0.25, 0.3) is 129 Å². The van der Waals surface area contributed by atoms with Gasteiger partial charge in [-0.3, -0.25) is 42.5 Å². The van der Waals surface area contributed by atoms with Gasteiger partial charge in [0.25, 0.3) is 33.4 Å². The Morgan fingerprint density at radius 1 is 0.176 bits per heavy atom. The average Bonchev–Trinajstić information content (AvgIpc) is 1.49. The van der Waals surface area contributed by atoms with Crippen molar-refractivity contribution in [1.82, 2.24) is 13.7 Å². The molecule has 0 radical (unpaired) electrons. The van der Waals surface area contributed by atoms with Crippen LogP contribution >= 0.6 is 0 Å². The van der Waals surface area contributed by atoms with E-state index in [2.05, 4.69) is 77.9 Å². The molecule has 3 heterocycles. The fourth-order valence-electron chi connectivity index (χ4n) is 19.4. The summed E-state index contributed by atoms with van der Waals surface area (Å²) in [6.07, 6.45) is 45.8. The van der Waals surface area contributed by atoms with Crippen molar-refractivity contribution < 1.29 is 0 Å². The van der Waals surface area contributed by atoms with Gasteiger partial charge in [-0.15, -0.1) is 0 Å². The lowest BCUT2D eigenvalue weighted by Crippen LogP contribution is -2.36. The molecular weight excluding hydrogens is 1260 g/mol. The molecule has 0 N–H and O–H groups in total. The van der Waals surface area contributed by atoms with Crippen LogP contribution in [-0.4, -0.2) is 13.7 Å². The number of nitrogens with zero attached hydrogens (tertiary/aromatic N) is 3. The molecule has 0 aliphatic rings. The van der Waals surface area contributed by atoms with E-state index in [0.717, 1.165) is 235 Å². The van der Waals surface area contributed by atoms with E-state index in [9.17, 15) is 0 Å². The second-order valence-electron chi connectivity index (χ2n) is 31.7. The van der Waals surface area contributed by atoms with Crippen molar-refractivity contribution in [3.05, 3.63) is 135 Å². The maximum atomic E-state index is 15.7. The molecule has 0 aliphatic carbocycles. The summed E-state index contributed by atoms with van der Waals surface area (Å²) in [5.41, 5.74) is -1.27. The van der Waals surface area contributed by atoms with Crippen molar-refractivity contribution in [2.75, 3.05) is 0 Å². The molecule has 102 heavy (non-hydrogen) atoms. The quantitative estimate of drug-likeness (QED) is 0.0351. The van der Waals surface area contributed by atoms with Crippen molar-refractivity contribution in [2.45, 2.75) is 329 Å². The van der Waals surface area contributed by atoms with E-state index in [-0.39, 0.29) is 51.5 Å². The van der Waals surface area contributed by atoms with Crippen LogP contribution in [0.3, 0.4) is 0 Å². The number of unbranched alkanes of at least 4 members (excludes halogenated alkanes) is 30. The normalized spacial score (nSPS) is 12.8. The maximum absolute atomic E-state index is 15.7. The van der Waals surface area contributed by atoms with E-state index in [1.54, 1.807) is 13.7 Å². The van der Waals surface area contributed by atoms with Gasteiger partial charge in [-0.2, -0.15) is 0 Å². The standard InChI is InChI=1S/C93H117N3O6/c1-7-13-19-25-31-37-43-61(44-38-32-26-20-14-8-2)94-88(97)70-55-49-64-76-65(50-56-71(79(70)76)89(94)98)83-82(64)84-66-51-57-72-80-74(92(101)95(90(72)99)62(45-39-33-27-21-15-9-3)46-40-34-28-22-16-10-4)59-53-68(77(66)80)86(84)87-69-54-60-75-81-73(58-52-67(78(69)81)85(83)87)91(100)96(93(75)102)63(47-41-35-29-23-17-11-5)48-42-36-30-24-18-12-6/h49-63H,7-48H2,1-6H3. The Hall–Kier alpha value is -7.26. The number of fused-ring (bicyclic) bond motifs is 12. The minimum atomic E-state index is -0.211. The third kappa shape index (κ3) is 13.7. The van der Waals surface area contributed by atoms with Crippen LogP contribution < -0.4 is 33.4 Å². The summed E-state index contributed by atoms with van der Waals surface area (Å²) in [6.45, 7) is 13.5. The highest BCUT2D eigenvalue weighted by Crippen LogP contribution is 2.57. The zero-order chi connectivity index (χ0) is 71.0. The molecule has 0 saturated heterocycles. The molecule has 0 atom stereocenters. The van der Waals surface area contributed by atoms with Gasteiger partial charge in [-0.05, 0) is 156 Å². The van der Waals surface area contributed by atoms with Crippen LogP contribution in [0.1, 0.15) is 329 Å². The lowest BCUT2D eigenvalue weighted by Gasteiger charge is -2.21. The minimum absolute atomic E-state index is 0.199. The molecule has 9 heteroatoms. The van der Waals surface area contributed by atoms with E-state index < -0.39 is 0 Å².